The molecule has 0 saturated heterocycles. The van der Waals surface area contributed by atoms with Crippen LogP contribution in [0.25, 0.3) is 10.4 Å². The van der Waals surface area contributed by atoms with E-state index < -0.39 is 21.9 Å². The van der Waals surface area contributed by atoms with E-state index in [1.807, 2.05) is 37.3 Å². The largest absolute Gasteiger partial charge is 0.465 e. The van der Waals surface area contributed by atoms with Gasteiger partial charge in [0, 0.05) is 16.1 Å². The molecule has 0 fully saturated rings. The lowest BCUT2D eigenvalue weighted by molar-refractivity contribution is 0.0607. The zero-order chi connectivity index (χ0) is 25.0. The van der Waals surface area contributed by atoms with Gasteiger partial charge in [-0.1, -0.05) is 54.1 Å². The number of thiophene rings is 1. The maximum absolute atomic E-state index is 13.0. The Balaban J connectivity index is 1.58. The van der Waals surface area contributed by atoms with Crippen molar-refractivity contribution in [1.82, 2.24) is 0 Å². The first-order valence-corrected chi connectivity index (χ1v) is 12.9. The van der Waals surface area contributed by atoms with Crippen molar-refractivity contribution in [2.24, 2.45) is 0 Å². The van der Waals surface area contributed by atoms with Crippen molar-refractivity contribution in [2.45, 2.75) is 11.8 Å². The van der Waals surface area contributed by atoms with E-state index >= 15 is 0 Å². The molecular formula is C26H22N2O5S2. The highest BCUT2D eigenvalue weighted by atomic mass is 32.2. The summed E-state index contributed by atoms with van der Waals surface area (Å²) in [5, 5.41) is 2.75. The van der Waals surface area contributed by atoms with Crippen molar-refractivity contribution in [1.29, 1.82) is 0 Å². The lowest BCUT2D eigenvalue weighted by Gasteiger charge is -2.10. The topological polar surface area (TPSA) is 102 Å². The van der Waals surface area contributed by atoms with E-state index in [1.54, 1.807) is 36.4 Å². The highest BCUT2D eigenvalue weighted by Crippen LogP contribution is 2.35. The van der Waals surface area contributed by atoms with Crippen LogP contribution in [-0.2, 0) is 14.8 Å². The monoisotopic (exact) mass is 506 g/mol. The van der Waals surface area contributed by atoms with Crippen LogP contribution < -0.4 is 10.0 Å². The molecule has 0 aliphatic carbocycles. The number of nitrogens with one attached hydrogen (secondary N) is 2. The fraction of sp³-hybridized carbons (Fsp3) is 0.0769. The average Bonchev–Trinajstić information content (AvgIpc) is 3.28. The van der Waals surface area contributed by atoms with Crippen molar-refractivity contribution in [3.05, 3.63) is 101 Å². The maximum Gasteiger partial charge on any atom is 0.350 e. The Bertz CT molecular complexity index is 1480. The van der Waals surface area contributed by atoms with Gasteiger partial charge in [0.05, 0.1) is 17.7 Å². The SMILES string of the molecule is COC(=O)c1sc(-c2ccccc2)cc1NC(=O)c1cccc(NS(=O)(=O)c2ccc(C)cc2)c1. The molecule has 0 spiro atoms. The molecule has 7 nitrogen and oxygen atoms in total. The van der Waals surface area contributed by atoms with Gasteiger partial charge in [0.15, 0.2) is 0 Å². The van der Waals surface area contributed by atoms with Crippen LogP contribution in [0.5, 0.6) is 0 Å². The summed E-state index contributed by atoms with van der Waals surface area (Å²) in [6, 6.07) is 23.8. The maximum atomic E-state index is 13.0. The minimum atomic E-state index is -3.82. The van der Waals surface area contributed by atoms with Gasteiger partial charge in [-0.15, -0.1) is 11.3 Å². The van der Waals surface area contributed by atoms with Crippen LogP contribution in [0, 0.1) is 6.92 Å². The van der Waals surface area contributed by atoms with E-state index in [9.17, 15) is 18.0 Å². The molecule has 1 heterocycles. The molecular weight excluding hydrogens is 484 g/mol. The average molecular weight is 507 g/mol. The Kier molecular flexibility index (Phi) is 6.99. The van der Waals surface area contributed by atoms with E-state index in [2.05, 4.69) is 10.0 Å². The highest BCUT2D eigenvalue weighted by molar-refractivity contribution is 7.92. The summed E-state index contributed by atoms with van der Waals surface area (Å²) < 4.78 is 32.8. The third-order valence-electron chi connectivity index (χ3n) is 5.12. The predicted octanol–water partition coefficient (Wildman–Crippen LogP) is 5.56. The molecule has 0 aliphatic heterocycles. The van der Waals surface area contributed by atoms with Crippen LogP contribution in [0.3, 0.4) is 0 Å². The lowest BCUT2D eigenvalue weighted by atomic mass is 10.1. The zero-order valence-electron chi connectivity index (χ0n) is 18.9. The van der Waals surface area contributed by atoms with E-state index in [0.29, 0.717) is 5.69 Å². The number of sulfonamides is 1. The van der Waals surface area contributed by atoms with Gasteiger partial charge >= 0.3 is 5.97 Å². The number of methoxy groups -OCH3 is 1. The van der Waals surface area contributed by atoms with Crippen LogP contribution in [0.2, 0.25) is 0 Å². The van der Waals surface area contributed by atoms with Crippen molar-refractivity contribution in [3.8, 4) is 10.4 Å². The molecule has 178 valence electrons. The zero-order valence-corrected chi connectivity index (χ0v) is 20.6. The molecule has 0 atom stereocenters. The molecule has 4 rings (SSSR count). The third kappa shape index (κ3) is 5.59. The summed E-state index contributed by atoms with van der Waals surface area (Å²) >= 11 is 1.21. The number of aryl methyl sites for hydroxylation is 1. The van der Waals surface area contributed by atoms with Crippen LogP contribution in [0.1, 0.15) is 25.6 Å². The number of rotatable bonds is 7. The Labute approximate surface area is 207 Å². The van der Waals surface area contributed by atoms with Gasteiger partial charge in [-0.05, 0) is 48.9 Å². The van der Waals surface area contributed by atoms with Gasteiger partial charge in [0.1, 0.15) is 4.88 Å². The summed E-state index contributed by atoms with van der Waals surface area (Å²) in [6.45, 7) is 1.87. The van der Waals surface area contributed by atoms with E-state index in [1.165, 1.54) is 36.6 Å². The Morgan fingerprint density at radius 2 is 1.60 bits per heavy atom. The third-order valence-corrected chi connectivity index (χ3v) is 7.68. The number of anilines is 2. The number of hydrogen-bond acceptors (Lipinski definition) is 6. The molecule has 0 bridgehead atoms. The quantitative estimate of drug-likeness (QED) is 0.320. The second-order valence-corrected chi connectivity index (χ2v) is 10.4. The van der Waals surface area contributed by atoms with Crippen molar-refractivity contribution < 1.29 is 22.7 Å². The van der Waals surface area contributed by atoms with Gasteiger partial charge in [-0.25, -0.2) is 13.2 Å². The standard InChI is InChI=1S/C26H22N2O5S2/c1-17-11-13-21(14-12-17)35(31,32)28-20-10-6-9-19(15-20)25(29)27-22-16-23(18-7-4-3-5-8-18)34-24(22)26(30)33-2/h3-16,28H,1-2H3,(H,27,29). The van der Waals surface area contributed by atoms with Crippen LogP contribution in [0.4, 0.5) is 11.4 Å². The first-order chi connectivity index (χ1) is 16.8. The van der Waals surface area contributed by atoms with Gasteiger partial charge in [-0.2, -0.15) is 0 Å². The summed E-state index contributed by atoms with van der Waals surface area (Å²) in [4.78, 5) is 26.5. The van der Waals surface area contributed by atoms with E-state index in [0.717, 1.165) is 16.0 Å². The molecule has 1 aromatic heterocycles. The van der Waals surface area contributed by atoms with Crippen LogP contribution in [-0.4, -0.2) is 27.4 Å². The highest BCUT2D eigenvalue weighted by Gasteiger charge is 2.21. The molecule has 9 heteroatoms. The Hall–Kier alpha value is -3.95. The molecule has 2 N–H and O–H groups in total. The molecule has 0 radical (unpaired) electrons. The number of esters is 1. The summed E-state index contributed by atoms with van der Waals surface area (Å²) in [7, 11) is -2.54. The first-order valence-electron chi connectivity index (χ1n) is 10.6. The molecule has 0 unspecified atom stereocenters. The minimum Gasteiger partial charge on any atom is -0.465 e. The first kappa shape index (κ1) is 24.2. The van der Waals surface area contributed by atoms with E-state index in [-0.39, 0.29) is 21.0 Å². The summed E-state index contributed by atoms with van der Waals surface area (Å²) in [6.07, 6.45) is 0. The summed E-state index contributed by atoms with van der Waals surface area (Å²) in [5.74, 6) is -1.06. The molecule has 3 aromatic carbocycles. The number of ether oxygens (including phenoxy) is 1. The fourth-order valence-electron chi connectivity index (χ4n) is 3.32. The Morgan fingerprint density at radius 1 is 0.886 bits per heavy atom. The van der Waals surface area contributed by atoms with E-state index in [4.69, 9.17) is 4.74 Å². The summed E-state index contributed by atoms with van der Waals surface area (Å²) in [5.41, 5.74) is 2.61. The number of carbonyl (C=O) groups is 2. The second-order valence-electron chi connectivity index (χ2n) is 7.66. The van der Waals surface area contributed by atoms with Crippen molar-refractivity contribution in [2.75, 3.05) is 17.1 Å². The smallest absolute Gasteiger partial charge is 0.350 e. The normalized spacial score (nSPS) is 11.0. The molecule has 0 aliphatic rings. The van der Waals surface area contributed by atoms with Gasteiger partial charge < -0.3 is 10.1 Å². The minimum absolute atomic E-state index is 0.118. The van der Waals surface area contributed by atoms with Gasteiger partial charge in [-0.3, -0.25) is 9.52 Å². The molecule has 1 amide bonds. The number of carbonyl (C=O) groups excluding carboxylic acids is 2. The number of benzene rings is 3. The lowest BCUT2D eigenvalue weighted by Crippen LogP contribution is -2.16. The number of hydrogen-bond donors (Lipinski definition) is 2. The Morgan fingerprint density at radius 3 is 2.29 bits per heavy atom. The molecule has 4 aromatic rings. The van der Waals surface area contributed by atoms with Crippen LogP contribution >= 0.6 is 11.3 Å². The van der Waals surface area contributed by atoms with Gasteiger partial charge in [0.2, 0.25) is 0 Å². The van der Waals surface area contributed by atoms with Crippen molar-refractivity contribution in [3.63, 3.8) is 0 Å². The predicted molar refractivity (Wildman–Crippen MR) is 137 cm³/mol. The van der Waals surface area contributed by atoms with Gasteiger partial charge in [0.25, 0.3) is 15.9 Å². The molecule has 0 saturated carbocycles. The molecule has 35 heavy (non-hydrogen) atoms. The fourth-order valence-corrected chi connectivity index (χ4v) is 5.41. The van der Waals surface area contributed by atoms with Crippen molar-refractivity contribution >= 4 is 44.6 Å². The van der Waals surface area contributed by atoms with Crippen LogP contribution in [0.15, 0.2) is 89.8 Å². The number of amides is 1. The second kappa shape index (κ2) is 10.1.